The molecule has 0 saturated carbocycles. The number of ketones is 1. The Labute approximate surface area is 194 Å². The summed E-state index contributed by atoms with van der Waals surface area (Å²) in [5.74, 6) is -1.57. The summed E-state index contributed by atoms with van der Waals surface area (Å²) in [6, 6.07) is 4.43. The van der Waals surface area contributed by atoms with Crippen molar-refractivity contribution in [2.75, 3.05) is 26.9 Å². The van der Waals surface area contributed by atoms with Crippen LogP contribution in [0, 0.1) is 19.7 Å². The highest BCUT2D eigenvalue weighted by Gasteiger charge is 2.33. The summed E-state index contributed by atoms with van der Waals surface area (Å²) in [6.07, 6.45) is 0.531. The van der Waals surface area contributed by atoms with E-state index in [1.807, 2.05) is 6.92 Å². The number of Topliss-reactive ketones (excluding diaryl/α,β-unsaturated/α-hetero) is 1. The molecule has 1 aromatic carbocycles. The minimum atomic E-state index is -0.806. The summed E-state index contributed by atoms with van der Waals surface area (Å²) in [4.78, 5) is 41.0. The van der Waals surface area contributed by atoms with E-state index in [4.69, 9.17) is 9.47 Å². The molecule has 0 aliphatic heterocycles. The largest absolute Gasteiger partial charge is 0.461 e. The molecule has 1 amide bonds. The molecule has 2 rings (SSSR count). The van der Waals surface area contributed by atoms with Crippen molar-refractivity contribution < 1.29 is 28.2 Å². The van der Waals surface area contributed by atoms with Crippen LogP contribution >= 0.6 is 0 Å². The average molecular weight is 461 g/mol. The van der Waals surface area contributed by atoms with Crippen molar-refractivity contribution in [2.24, 2.45) is 0 Å². The Balaban J connectivity index is 2.46. The lowest BCUT2D eigenvalue weighted by molar-refractivity contribution is 0.0512. The molecule has 8 heteroatoms. The van der Waals surface area contributed by atoms with E-state index in [-0.39, 0.29) is 24.8 Å². The van der Waals surface area contributed by atoms with E-state index in [0.29, 0.717) is 47.7 Å². The van der Waals surface area contributed by atoms with Gasteiger partial charge in [0.2, 0.25) is 0 Å². The molecule has 180 valence electrons. The summed E-state index contributed by atoms with van der Waals surface area (Å²) in [7, 11) is 1.57. The molecule has 33 heavy (non-hydrogen) atoms. The number of aromatic nitrogens is 1. The smallest absolute Gasteiger partial charge is 0.355 e. The van der Waals surface area contributed by atoms with E-state index in [9.17, 15) is 18.8 Å². The van der Waals surface area contributed by atoms with Gasteiger partial charge in [0.1, 0.15) is 11.5 Å². The van der Waals surface area contributed by atoms with Crippen molar-refractivity contribution in [2.45, 2.75) is 53.6 Å². The third kappa shape index (κ3) is 5.68. The number of halogens is 1. The number of hydrogen-bond acceptors (Lipinski definition) is 5. The Morgan fingerprint density at radius 1 is 1.12 bits per heavy atom. The monoisotopic (exact) mass is 460 g/mol. The fourth-order valence-electron chi connectivity index (χ4n) is 4.07. The Kier molecular flexibility index (Phi) is 9.34. The predicted octanol–water partition coefficient (Wildman–Crippen LogP) is 4.19. The minimum Gasteiger partial charge on any atom is -0.461 e. The fourth-order valence-corrected chi connectivity index (χ4v) is 4.07. The van der Waals surface area contributed by atoms with Gasteiger partial charge >= 0.3 is 5.97 Å². The molecule has 0 radical (unpaired) electrons. The van der Waals surface area contributed by atoms with Crippen molar-refractivity contribution in [1.29, 1.82) is 0 Å². The highest BCUT2D eigenvalue weighted by Crippen LogP contribution is 2.26. The second-order valence-corrected chi connectivity index (χ2v) is 7.79. The Morgan fingerprint density at radius 2 is 1.76 bits per heavy atom. The molecule has 1 atom stereocenters. The zero-order chi connectivity index (χ0) is 24.7. The van der Waals surface area contributed by atoms with E-state index >= 15 is 0 Å². The summed E-state index contributed by atoms with van der Waals surface area (Å²) < 4.78 is 25.4. The van der Waals surface area contributed by atoms with Gasteiger partial charge in [-0.3, -0.25) is 9.59 Å². The van der Waals surface area contributed by atoms with Crippen LogP contribution in [-0.2, 0) is 16.0 Å². The van der Waals surface area contributed by atoms with E-state index in [1.54, 1.807) is 39.4 Å². The van der Waals surface area contributed by atoms with E-state index in [1.165, 1.54) is 29.2 Å². The molecular weight excluding hydrogens is 427 g/mol. The van der Waals surface area contributed by atoms with Crippen molar-refractivity contribution in [3.63, 3.8) is 0 Å². The highest BCUT2D eigenvalue weighted by atomic mass is 19.1. The Hall–Kier alpha value is -3.00. The van der Waals surface area contributed by atoms with Gasteiger partial charge in [-0.1, -0.05) is 0 Å². The number of amides is 1. The van der Waals surface area contributed by atoms with Crippen LogP contribution in [0.1, 0.15) is 69.7 Å². The molecule has 1 heterocycles. The predicted molar refractivity (Wildman–Crippen MR) is 123 cm³/mol. The van der Waals surface area contributed by atoms with Crippen molar-refractivity contribution in [3.8, 4) is 0 Å². The van der Waals surface area contributed by atoms with E-state index in [2.05, 4.69) is 0 Å². The van der Waals surface area contributed by atoms with Gasteiger partial charge in [0, 0.05) is 43.6 Å². The summed E-state index contributed by atoms with van der Waals surface area (Å²) >= 11 is 0. The van der Waals surface area contributed by atoms with Crippen LogP contribution in [0.5, 0.6) is 0 Å². The second-order valence-electron chi connectivity index (χ2n) is 7.79. The van der Waals surface area contributed by atoms with Gasteiger partial charge in [-0.15, -0.1) is 0 Å². The van der Waals surface area contributed by atoms with Gasteiger partial charge in [0.25, 0.3) is 5.91 Å². The Morgan fingerprint density at radius 3 is 2.30 bits per heavy atom. The third-order valence-electron chi connectivity index (χ3n) is 5.74. The molecule has 7 nitrogen and oxygen atoms in total. The molecule has 0 fully saturated rings. The number of esters is 1. The van der Waals surface area contributed by atoms with Crippen molar-refractivity contribution in [1.82, 2.24) is 9.47 Å². The third-order valence-corrected chi connectivity index (χ3v) is 5.74. The topological polar surface area (TPSA) is 77.8 Å². The van der Waals surface area contributed by atoms with Gasteiger partial charge in [-0.25, -0.2) is 9.18 Å². The molecule has 0 aliphatic rings. The molecule has 1 aromatic heterocycles. The van der Waals surface area contributed by atoms with Crippen molar-refractivity contribution in [3.05, 3.63) is 58.2 Å². The quantitative estimate of drug-likeness (QED) is 0.285. The van der Waals surface area contributed by atoms with E-state index < -0.39 is 17.8 Å². The normalized spacial score (nSPS) is 11.8. The van der Waals surface area contributed by atoms with Gasteiger partial charge < -0.3 is 18.9 Å². The number of benzene rings is 1. The van der Waals surface area contributed by atoms with Crippen LogP contribution in [0.15, 0.2) is 24.3 Å². The Bertz CT molecular complexity index is 997. The standard InChI is InChI=1S/C25H33FN2O5/c1-7-27-17(4)21(16(3)22(27)25(31)33-8-2)23(29)18(5)28(14-9-15-32-6)24(30)19-10-12-20(26)13-11-19/h10-13,18H,7-9,14-15H2,1-6H3. The number of ether oxygens (including phenoxy) is 2. The second kappa shape index (κ2) is 11.7. The molecular formula is C25H33FN2O5. The first-order valence-corrected chi connectivity index (χ1v) is 11.2. The number of carbonyl (C=O) groups excluding carboxylic acids is 3. The summed E-state index contributed by atoms with van der Waals surface area (Å²) in [6.45, 7) is 10.2. The molecule has 0 bridgehead atoms. The van der Waals surface area contributed by atoms with Crippen LogP contribution in [0.2, 0.25) is 0 Å². The van der Waals surface area contributed by atoms with Crippen LogP contribution in [0.4, 0.5) is 4.39 Å². The van der Waals surface area contributed by atoms with Gasteiger partial charge in [-0.05, 0) is 70.9 Å². The van der Waals surface area contributed by atoms with E-state index in [0.717, 1.165) is 0 Å². The minimum absolute atomic E-state index is 0.228. The maximum absolute atomic E-state index is 13.7. The lowest BCUT2D eigenvalue weighted by Gasteiger charge is -2.29. The molecule has 0 spiro atoms. The van der Waals surface area contributed by atoms with Gasteiger partial charge in [-0.2, -0.15) is 0 Å². The zero-order valence-electron chi connectivity index (χ0n) is 20.2. The van der Waals surface area contributed by atoms with Crippen LogP contribution in [0.25, 0.3) is 0 Å². The highest BCUT2D eigenvalue weighted by molar-refractivity contribution is 6.07. The van der Waals surface area contributed by atoms with Crippen LogP contribution < -0.4 is 0 Å². The van der Waals surface area contributed by atoms with Gasteiger partial charge in [0.15, 0.2) is 5.78 Å². The number of hydrogen-bond donors (Lipinski definition) is 0. The molecule has 0 aliphatic carbocycles. The number of rotatable bonds is 11. The first kappa shape index (κ1) is 26.3. The molecule has 0 N–H and O–H groups in total. The number of carbonyl (C=O) groups is 3. The van der Waals surface area contributed by atoms with Crippen LogP contribution in [0.3, 0.4) is 0 Å². The summed E-state index contributed by atoms with van der Waals surface area (Å²) in [5, 5.41) is 0. The SMILES string of the molecule is CCOC(=O)c1c(C)c(C(=O)C(C)N(CCCOC)C(=O)c2ccc(F)cc2)c(C)n1CC. The van der Waals surface area contributed by atoms with Crippen LogP contribution in [-0.4, -0.2) is 60.0 Å². The lowest BCUT2D eigenvalue weighted by atomic mass is 9.99. The molecule has 0 saturated heterocycles. The number of nitrogens with zero attached hydrogens (tertiary/aromatic N) is 2. The molecule has 1 unspecified atom stereocenters. The summed E-state index contributed by atoms with van der Waals surface area (Å²) in [5.41, 5.74) is 2.25. The first-order valence-electron chi connectivity index (χ1n) is 11.2. The van der Waals surface area contributed by atoms with Gasteiger partial charge in [0.05, 0.1) is 12.6 Å². The first-order chi connectivity index (χ1) is 15.7. The fraction of sp³-hybridized carbons (Fsp3) is 0.480. The van der Waals surface area contributed by atoms with Crippen molar-refractivity contribution >= 4 is 17.7 Å². The maximum Gasteiger partial charge on any atom is 0.355 e. The average Bonchev–Trinajstić information content (AvgIpc) is 3.05. The molecule has 2 aromatic rings. The lowest BCUT2D eigenvalue weighted by Crippen LogP contribution is -2.44. The maximum atomic E-state index is 13.7. The number of methoxy groups -OCH3 is 1. The zero-order valence-corrected chi connectivity index (χ0v) is 20.2.